The van der Waals surface area contributed by atoms with E-state index in [0.717, 1.165) is 53.2 Å². The third kappa shape index (κ3) is 7.29. The predicted octanol–water partition coefficient (Wildman–Crippen LogP) is 5.04. The summed E-state index contributed by atoms with van der Waals surface area (Å²) in [5, 5.41) is 3.89. The predicted molar refractivity (Wildman–Crippen MR) is 212 cm³/mol. The molecule has 0 saturated carbocycles. The quantitative estimate of drug-likeness (QED) is 0.131. The van der Waals surface area contributed by atoms with Gasteiger partial charge in [-0.3, -0.25) is 14.4 Å². The van der Waals surface area contributed by atoms with Gasteiger partial charge in [-0.05, 0) is 95.1 Å². The summed E-state index contributed by atoms with van der Waals surface area (Å²) in [6.07, 6.45) is 6.84. The van der Waals surface area contributed by atoms with Crippen molar-refractivity contribution in [3.05, 3.63) is 136 Å². The van der Waals surface area contributed by atoms with E-state index in [9.17, 15) is 14.4 Å². The molecule has 0 unspecified atom stereocenters. The number of nitrogens with zero attached hydrogens (tertiary/aromatic N) is 2. The molecule has 8 rings (SSSR count). The molecule has 0 bridgehead atoms. The molecule has 0 atom stereocenters. The Kier molecular flexibility index (Phi) is 10.1. The van der Waals surface area contributed by atoms with Crippen molar-refractivity contribution in [3.63, 3.8) is 0 Å². The third-order valence-corrected chi connectivity index (χ3v) is 11.3. The van der Waals surface area contributed by atoms with E-state index in [-0.39, 0.29) is 17.7 Å². The lowest BCUT2D eigenvalue weighted by Crippen LogP contribution is -2.55. The third-order valence-electron chi connectivity index (χ3n) is 11.3. The molecule has 4 aromatic carbocycles. The van der Waals surface area contributed by atoms with Gasteiger partial charge in [-0.15, -0.1) is 0 Å². The van der Waals surface area contributed by atoms with Crippen molar-refractivity contribution in [2.24, 2.45) is 11.5 Å². The van der Waals surface area contributed by atoms with Crippen molar-refractivity contribution in [3.8, 4) is 5.75 Å². The fourth-order valence-corrected chi connectivity index (χ4v) is 8.18. The second-order valence-corrected chi connectivity index (χ2v) is 14.6. The molecule has 2 fully saturated rings. The van der Waals surface area contributed by atoms with Crippen LogP contribution in [0.3, 0.4) is 0 Å². The molecule has 3 aliphatic rings. The number of amides is 3. The number of aromatic amines is 1. The van der Waals surface area contributed by atoms with Crippen LogP contribution in [0.5, 0.6) is 5.75 Å². The molecule has 6 N–H and O–H groups in total. The standard InChI is InChI=1S/C43H45BN6O4/c45-26-28-4-1-7-33(22-28)30-14-18-49(19-15-30)40(51)13-11-32-6-3-9-39-41(32)42(52)48-44(54-39)36-12-10-35-24-38(47-37(35)25-36)43(53)50-20-16-31(17-21-50)34-8-2-5-29(23-34)27-46/h1-13,22-25,30-31,47H,14-21,26-27,45-46H2,(H,48,52). The number of likely N-dealkylation sites (tertiary alicyclic amines) is 2. The molecular formula is C43H45BN6O4. The molecule has 5 aromatic rings. The first-order valence-corrected chi connectivity index (χ1v) is 18.9. The zero-order valence-electron chi connectivity index (χ0n) is 30.3. The van der Waals surface area contributed by atoms with Gasteiger partial charge < -0.3 is 36.1 Å². The molecule has 1 aromatic heterocycles. The number of hydrogen-bond donors (Lipinski definition) is 4. The minimum absolute atomic E-state index is 0.0183. The summed E-state index contributed by atoms with van der Waals surface area (Å²) >= 11 is 0. The number of benzene rings is 4. The molecular weight excluding hydrogens is 675 g/mol. The highest BCUT2D eigenvalue weighted by Crippen LogP contribution is 2.31. The summed E-state index contributed by atoms with van der Waals surface area (Å²) in [6, 6.07) is 29.9. The number of aromatic nitrogens is 1. The number of piperidine rings is 2. The molecule has 0 radical (unpaired) electrons. The van der Waals surface area contributed by atoms with E-state index in [1.807, 2.05) is 58.3 Å². The number of carbonyl (C=O) groups is 3. The first-order chi connectivity index (χ1) is 26.4. The molecule has 4 heterocycles. The maximum atomic E-state index is 13.5. The fraction of sp³-hybridized carbons (Fsp3) is 0.279. The van der Waals surface area contributed by atoms with E-state index in [4.69, 9.17) is 16.1 Å². The summed E-state index contributed by atoms with van der Waals surface area (Å²) in [6.45, 7) is 3.76. The zero-order chi connectivity index (χ0) is 37.2. The summed E-state index contributed by atoms with van der Waals surface area (Å²) in [5.74, 6) is 0.884. The van der Waals surface area contributed by atoms with E-state index in [0.29, 0.717) is 73.7 Å². The molecule has 10 nitrogen and oxygen atoms in total. The Hall–Kier alpha value is -5.65. The van der Waals surface area contributed by atoms with Crippen LogP contribution in [0, 0.1) is 0 Å². The van der Waals surface area contributed by atoms with Crippen LogP contribution in [-0.2, 0) is 17.9 Å². The molecule has 54 heavy (non-hydrogen) atoms. The van der Waals surface area contributed by atoms with Gasteiger partial charge in [-0.2, -0.15) is 0 Å². The van der Waals surface area contributed by atoms with Crippen LogP contribution in [-0.4, -0.2) is 65.7 Å². The maximum Gasteiger partial charge on any atom is 0.519 e. The van der Waals surface area contributed by atoms with Crippen LogP contribution in [0.25, 0.3) is 17.0 Å². The Labute approximate surface area is 315 Å². The van der Waals surface area contributed by atoms with Gasteiger partial charge in [0.25, 0.3) is 5.91 Å². The van der Waals surface area contributed by atoms with Gasteiger partial charge in [0.15, 0.2) is 0 Å². The number of nitrogens with two attached hydrogens (primary N) is 2. The largest absolute Gasteiger partial charge is 0.537 e. The van der Waals surface area contributed by atoms with Gasteiger partial charge in [0.2, 0.25) is 11.8 Å². The van der Waals surface area contributed by atoms with Crippen LogP contribution in [0.15, 0.2) is 97.1 Å². The fourth-order valence-electron chi connectivity index (χ4n) is 8.18. The lowest BCUT2D eigenvalue weighted by molar-refractivity contribution is -0.126. The van der Waals surface area contributed by atoms with E-state index in [1.165, 1.54) is 11.1 Å². The van der Waals surface area contributed by atoms with Crippen LogP contribution >= 0.6 is 0 Å². The van der Waals surface area contributed by atoms with E-state index >= 15 is 0 Å². The zero-order valence-corrected chi connectivity index (χ0v) is 30.3. The second-order valence-electron chi connectivity index (χ2n) is 14.6. The summed E-state index contributed by atoms with van der Waals surface area (Å²) in [4.78, 5) is 47.4. The topological polar surface area (TPSA) is 147 Å². The van der Waals surface area contributed by atoms with Crippen LogP contribution in [0.2, 0.25) is 0 Å². The van der Waals surface area contributed by atoms with Crippen molar-refractivity contribution < 1.29 is 19.0 Å². The molecule has 0 aliphatic carbocycles. The lowest BCUT2D eigenvalue weighted by Gasteiger charge is -2.32. The highest BCUT2D eigenvalue weighted by atomic mass is 16.4. The van der Waals surface area contributed by atoms with E-state index < -0.39 is 7.05 Å². The summed E-state index contributed by atoms with van der Waals surface area (Å²) in [7, 11) is -0.721. The Bertz CT molecular complexity index is 2230. The second kappa shape index (κ2) is 15.4. The van der Waals surface area contributed by atoms with Gasteiger partial charge in [0, 0.05) is 56.2 Å². The van der Waals surface area contributed by atoms with Gasteiger partial charge in [-0.1, -0.05) is 72.8 Å². The minimum atomic E-state index is -0.721. The van der Waals surface area contributed by atoms with E-state index in [1.54, 1.807) is 18.2 Å². The van der Waals surface area contributed by atoms with Crippen LogP contribution < -0.4 is 26.8 Å². The van der Waals surface area contributed by atoms with Crippen molar-refractivity contribution in [2.75, 3.05) is 26.2 Å². The lowest BCUT2D eigenvalue weighted by atomic mass is 9.71. The number of fused-ring (bicyclic) bond motifs is 2. The first-order valence-electron chi connectivity index (χ1n) is 18.9. The first kappa shape index (κ1) is 35.4. The van der Waals surface area contributed by atoms with Gasteiger partial charge in [0.1, 0.15) is 11.4 Å². The average Bonchev–Trinajstić information content (AvgIpc) is 3.66. The average molecular weight is 721 g/mol. The molecule has 2 saturated heterocycles. The molecule has 0 spiro atoms. The van der Waals surface area contributed by atoms with Gasteiger partial charge in [0.05, 0.1) is 5.56 Å². The molecule has 3 aliphatic heterocycles. The van der Waals surface area contributed by atoms with Crippen molar-refractivity contribution in [1.82, 2.24) is 20.0 Å². The Morgan fingerprint density at radius 3 is 2.06 bits per heavy atom. The van der Waals surface area contributed by atoms with Crippen molar-refractivity contribution in [1.29, 1.82) is 0 Å². The summed E-state index contributed by atoms with van der Waals surface area (Å²) < 4.78 is 6.32. The summed E-state index contributed by atoms with van der Waals surface area (Å²) in [5.41, 5.74) is 19.6. The number of nitrogens with one attached hydrogen (secondary N) is 2. The molecule has 274 valence electrons. The molecule has 3 amide bonds. The van der Waals surface area contributed by atoms with Gasteiger partial charge in [-0.25, -0.2) is 0 Å². The normalized spacial score (nSPS) is 16.8. The maximum absolute atomic E-state index is 13.5. The monoisotopic (exact) mass is 720 g/mol. The van der Waals surface area contributed by atoms with Crippen molar-refractivity contribution >= 4 is 47.2 Å². The highest BCUT2D eigenvalue weighted by Gasteiger charge is 2.34. The molecule has 11 heteroatoms. The smallest absolute Gasteiger partial charge is 0.519 e. The highest BCUT2D eigenvalue weighted by molar-refractivity contribution is 6.69. The van der Waals surface area contributed by atoms with Crippen LogP contribution in [0.4, 0.5) is 0 Å². The number of hydrogen-bond acceptors (Lipinski definition) is 6. The SMILES string of the molecule is NCc1cccc(C2CCN(C(=O)C=Cc3cccc4c3C(=O)NB(c3ccc5cc(C(=O)N6CCC(c7cccc(CN)c7)CC6)[nH]c5c3)O4)CC2)c1. The Morgan fingerprint density at radius 2 is 1.41 bits per heavy atom. The number of H-pyrrole nitrogens is 1. The minimum Gasteiger partial charge on any atom is -0.537 e. The van der Waals surface area contributed by atoms with Crippen LogP contribution in [0.1, 0.15) is 86.2 Å². The van der Waals surface area contributed by atoms with Gasteiger partial charge >= 0.3 is 7.05 Å². The Balaban J connectivity index is 0.899. The Morgan fingerprint density at radius 1 is 0.778 bits per heavy atom. The number of rotatable bonds is 8. The van der Waals surface area contributed by atoms with E-state index in [2.05, 4.69) is 46.6 Å². The number of carbonyl (C=O) groups excluding carboxylic acids is 3. The van der Waals surface area contributed by atoms with Crippen molar-refractivity contribution in [2.45, 2.75) is 50.6 Å².